The van der Waals surface area contributed by atoms with E-state index in [1.165, 1.54) is 0 Å². The molecule has 0 aliphatic carbocycles. The molecule has 0 unspecified atom stereocenters. The SMILES string of the molecule is COCCC(=O)N1CC[C@@]2(COCc3cnc(N4C[C@@H](C)O[C@H](C)C4)nc32)C1. The minimum absolute atomic E-state index is 0.135. The molecule has 1 aromatic heterocycles. The molecule has 4 rings (SSSR count). The van der Waals surface area contributed by atoms with Crippen LogP contribution in [0.5, 0.6) is 0 Å². The van der Waals surface area contributed by atoms with Crippen LogP contribution in [0.1, 0.15) is 37.9 Å². The van der Waals surface area contributed by atoms with Gasteiger partial charge in [0.2, 0.25) is 11.9 Å². The Balaban J connectivity index is 1.58. The lowest BCUT2D eigenvalue weighted by Crippen LogP contribution is -2.47. The number of hydrogen-bond donors (Lipinski definition) is 0. The van der Waals surface area contributed by atoms with Crippen LogP contribution in [0, 0.1) is 0 Å². The largest absolute Gasteiger partial charge is 0.384 e. The predicted octanol–water partition coefficient (Wildman–Crippen LogP) is 1.13. The van der Waals surface area contributed by atoms with E-state index in [1.807, 2.05) is 11.1 Å². The molecule has 3 aliphatic rings. The van der Waals surface area contributed by atoms with Crippen LogP contribution >= 0.6 is 0 Å². The molecule has 0 saturated carbocycles. The number of hydrogen-bond acceptors (Lipinski definition) is 7. The van der Waals surface area contributed by atoms with Gasteiger partial charge in [0.25, 0.3) is 0 Å². The summed E-state index contributed by atoms with van der Waals surface area (Å²) in [7, 11) is 1.62. The van der Waals surface area contributed by atoms with Gasteiger partial charge in [0.1, 0.15) is 0 Å². The summed E-state index contributed by atoms with van der Waals surface area (Å²) in [5, 5.41) is 0. The minimum Gasteiger partial charge on any atom is -0.384 e. The molecule has 8 heteroatoms. The molecule has 3 aliphatic heterocycles. The number of methoxy groups -OCH3 is 1. The Morgan fingerprint density at radius 1 is 1.36 bits per heavy atom. The molecular formula is C20H30N4O4. The molecular weight excluding hydrogens is 360 g/mol. The van der Waals surface area contributed by atoms with E-state index in [2.05, 4.69) is 23.7 Å². The summed E-state index contributed by atoms with van der Waals surface area (Å²) in [4.78, 5) is 26.2. The molecule has 154 valence electrons. The van der Waals surface area contributed by atoms with Crippen LogP contribution < -0.4 is 4.90 Å². The predicted molar refractivity (Wildman–Crippen MR) is 103 cm³/mol. The maximum Gasteiger partial charge on any atom is 0.225 e. The molecule has 1 spiro atoms. The monoisotopic (exact) mass is 390 g/mol. The standard InChI is InChI=1S/C20H30N4O4/c1-14-9-24(10-15(2)28-14)19-21-8-16-11-27-13-20(18(16)22-19)5-6-23(12-20)17(25)4-7-26-3/h8,14-15H,4-7,9-13H2,1-3H3/t14-,15-,20+/m1/s1. The molecule has 0 aromatic carbocycles. The Hall–Kier alpha value is -1.77. The number of carbonyl (C=O) groups excluding carboxylic acids is 1. The van der Waals surface area contributed by atoms with Crippen molar-refractivity contribution in [3.8, 4) is 0 Å². The number of nitrogens with zero attached hydrogens (tertiary/aromatic N) is 4. The Labute approximate surface area is 166 Å². The summed E-state index contributed by atoms with van der Waals surface area (Å²) in [6.45, 7) is 8.70. The fraction of sp³-hybridized carbons (Fsp3) is 0.750. The van der Waals surface area contributed by atoms with Crippen molar-refractivity contribution in [3.63, 3.8) is 0 Å². The normalized spacial score (nSPS) is 30.0. The summed E-state index contributed by atoms with van der Waals surface area (Å²) in [5.74, 6) is 0.891. The summed E-state index contributed by atoms with van der Waals surface area (Å²) < 4.78 is 16.8. The van der Waals surface area contributed by atoms with E-state index in [0.29, 0.717) is 32.8 Å². The molecule has 8 nitrogen and oxygen atoms in total. The van der Waals surface area contributed by atoms with Crippen molar-refractivity contribution in [1.82, 2.24) is 14.9 Å². The third-order valence-electron chi connectivity index (χ3n) is 5.92. The smallest absolute Gasteiger partial charge is 0.225 e. The summed E-state index contributed by atoms with van der Waals surface area (Å²) in [5.41, 5.74) is 1.85. The van der Waals surface area contributed by atoms with Gasteiger partial charge in [-0.1, -0.05) is 0 Å². The van der Waals surface area contributed by atoms with Crippen molar-refractivity contribution in [2.45, 2.75) is 50.9 Å². The molecule has 2 saturated heterocycles. The van der Waals surface area contributed by atoms with Crippen LogP contribution in [0.25, 0.3) is 0 Å². The maximum atomic E-state index is 12.5. The van der Waals surface area contributed by atoms with Crippen molar-refractivity contribution in [1.29, 1.82) is 0 Å². The third-order valence-corrected chi connectivity index (χ3v) is 5.92. The first kappa shape index (κ1) is 19.5. The van der Waals surface area contributed by atoms with Gasteiger partial charge in [-0.2, -0.15) is 0 Å². The number of amides is 1. The highest BCUT2D eigenvalue weighted by atomic mass is 16.5. The second-order valence-electron chi connectivity index (χ2n) is 8.29. The van der Waals surface area contributed by atoms with Gasteiger partial charge in [0.15, 0.2) is 0 Å². The first-order chi connectivity index (χ1) is 13.5. The molecule has 28 heavy (non-hydrogen) atoms. The first-order valence-corrected chi connectivity index (χ1v) is 10.1. The highest BCUT2D eigenvalue weighted by molar-refractivity contribution is 5.77. The molecule has 0 bridgehead atoms. The lowest BCUT2D eigenvalue weighted by molar-refractivity contribution is -0.131. The van der Waals surface area contributed by atoms with Crippen LogP contribution in [0.15, 0.2) is 6.20 Å². The van der Waals surface area contributed by atoms with Crippen molar-refractivity contribution >= 4 is 11.9 Å². The average Bonchev–Trinajstić information content (AvgIpc) is 3.10. The number of aromatic nitrogens is 2. The Morgan fingerprint density at radius 2 is 2.14 bits per heavy atom. The van der Waals surface area contributed by atoms with Crippen molar-refractivity contribution in [3.05, 3.63) is 17.5 Å². The van der Waals surface area contributed by atoms with Crippen LogP contribution in [0.4, 0.5) is 5.95 Å². The van der Waals surface area contributed by atoms with Crippen molar-refractivity contribution in [2.24, 2.45) is 0 Å². The summed E-state index contributed by atoms with van der Waals surface area (Å²) >= 11 is 0. The van der Waals surface area contributed by atoms with Crippen LogP contribution in [0.3, 0.4) is 0 Å². The van der Waals surface area contributed by atoms with Gasteiger partial charge in [-0.15, -0.1) is 0 Å². The second-order valence-corrected chi connectivity index (χ2v) is 8.29. The van der Waals surface area contributed by atoms with Gasteiger partial charge < -0.3 is 24.0 Å². The molecule has 0 radical (unpaired) electrons. The van der Waals surface area contributed by atoms with Crippen LogP contribution in [0.2, 0.25) is 0 Å². The average molecular weight is 390 g/mol. The summed E-state index contributed by atoms with van der Waals surface area (Å²) in [6.07, 6.45) is 3.49. The Kier molecular flexibility index (Phi) is 5.53. The van der Waals surface area contributed by atoms with Crippen LogP contribution in [-0.2, 0) is 31.0 Å². The molecule has 1 amide bonds. The van der Waals surface area contributed by atoms with E-state index in [4.69, 9.17) is 19.2 Å². The zero-order chi connectivity index (χ0) is 19.7. The van der Waals surface area contributed by atoms with Gasteiger partial charge in [-0.25, -0.2) is 9.97 Å². The molecule has 2 fully saturated rings. The van der Waals surface area contributed by atoms with Crippen molar-refractivity contribution < 1.29 is 19.0 Å². The van der Waals surface area contributed by atoms with E-state index in [9.17, 15) is 4.79 Å². The number of anilines is 1. The Bertz CT molecular complexity index is 720. The number of morpholine rings is 1. The summed E-state index contributed by atoms with van der Waals surface area (Å²) in [6, 6.07) is 0. The maximum absolute atomic E-state index is 12.5. The zero-order valence-electron chi connectivity index (χ0n) is 17.0. The number of likely N-dealkylation sites (tertiary alicyclic amines) is 1. The van der Waals surface area contributed by atoms with Gasteiger partial charge in [0, 0.05) is 45.0 Å². The quantitative estimate of drug-likeness (QED) is 0.763. The number of fused-ring (bicyclic) bond motifs is 2. The fourth-order valence-electron chi connectivity index (χ4n) is 4.62. The minimum atomic E-state index is -0.239. The van der Waals surface area contributed by atoms with E-state index < -0.39 is 0 Å². The van der Waals surface area contributed by atoms with Crippen molar-refractivity contribution in [2.75, 3.05) is 51.4 Å². The number of ether oxygens (including phenoxy) is 3. The van der Waals surface area contributed by atoms with Gasteiger partial charge >= 0.3 is 0 Å². The molecule has 1 aromatic rings. The number of carbonyl (C=O) groups is 1. The molecule has 3 atom stereocenters. The van der Waals surface area contributed by atoms with E-state index in [0.717, 1.165) is 43.3 Å². The zero-order valence-corrected chi connectivity index (χ0v) is 17.0. The van der Waals surface area contributed by atoms with Crippen LogP contribution in [-0.4, -0.2) is 79.5 Å². The lowest BCUT2D eigenvalue weighted by atomic mass is 9.80. The third kappa shape index (κ3) is 3.73. The second kappa shape index (κ2) is 7.93. The highest BCUT2D eigenvalue weighted by Gasteiger charge is 2.46. The van der Waals surface area contributed by atoms with Gasteiger partial charge in [-0.05, 0) is 20.3 Å². The number of rotatable bonds is 4. The molecule has 4 heterocycles. The molecule has 0 N–H and O–H groups in total. The highest BCUT2D eigenvalue weighted by Crippen LogP contribution is 2.39. The van der Waals surface area contributed by atoms with Gasteiger partial charge in [0.05, 0.1) is 49.6 Å². The van der Waals surface area contributed by atoms with E-state index >= 15 is 0 Å². The topological polar surface area (TPSA) is 77.0 Å². The fourth-order valence-corrected chi connectivity index (χ4v) is 4.62. The van der Waals surface area contributed by atoms with Gasteiger partial charge in [-0.3, -0.25) is 4.79 Å². The first-order valence-electron chi connectivity index (χ1n) is 10.1. The lowest BCUT2D eigenvalue weighted by Gasteiger charge is -2.38. The van der Waals surface area contributed by atoms with E-state index in [-0.39, 0.29) is 23.5 Å². The van der Waals surface area contributed by atoms with E-state index in [1.54, 1.807) is 7.11 Å². The Morgan fingerprint density at radius 3 is 2.89 bits per heavy atom.